The Morgan fingerprint density at radius 3 is 2.29 bits per heavy atom. The van der Waals surface area contributed by atoms with Gasteiger partial charge in [0.1, 0.15) is 6.29 Å². The van der Waals surface area contributed by atoms with Gasteiger partial charge in [-0.1, -0.05) is 24.3 Å². The minimum atomic E-state index is -4.67. The molecule has 0 aromatic heterocycles. The number of amides is 1. The zero-order valence-electron chi connectivity index (χ0n) is 18.4. The molecule has 0 radical (unpaired) electrons. The average Bonchev–Trinajstić information content (AvgIpc) is 2.72. The Balaban J connectivity index is 0.000000739. The number of benzene rings is 1. The van der Waals surface area contributed by atoms with E-state index in [9.17, 15) is 14.4 Å². The molecule has 1 saturated heterocycles. The summed E-state index contributed by atoms with van der Waals surface area (Å²) in [4.78, 5) is 36.5. The van der Waals surface area contributed by atoms with Crippen LogP contribution in [0.4, 0.5) is 0 Å². The van der Waals surface area contributed by atoms with Crippen molar-refractivity contribution in [3.63, 3.8) is 0 Å². The van der Waals surface area contributed by atoms with Gasteiger partial charge in [-0.15, -0.1) is 0 Å². The number of carbonyl (C=O) groups is 3. The Kier molecular flexibility index (Phi) is 10.1. The van der Waals surface area contributed by atoms with E-state index in [1.54, 1.807) is 0 Å². The summed E-state index contributed by atoms with van der Waals surface area (Å²) in [5.74, 6) is -0.613. The molecule has 9 N–H and O–H groups in total. The van der Waals surface area contributed by atoms with Crippen LogP contribution in [0.3, 0.4) is 0 Å². The molecule has 14 heteroatoms. The summed E-state index contributed by atoms with van der Waals surface area (Å²) in [6.45, 7) is 1.39. The number of Topliss-reactive ketones (excluding diaryl/α,β-unsaturated/α-hetero) is 1. The van der Waals surface area contributed by atoms with E-state index in [0.29, 0.717) is 19.3 Å². The van der Waals surface area contributed by atoms with Gasteiger partial charge in [0, 0.05) is 6.54 Å². The van der Waals surface area contributed by atoms with Gasteiger partial charge in [-0.3, -0.25) is 24.1 Å². The molecular formula is C20H30N6O7S. The van der Waals surface area contributed by atoms with Gasteiger partial charge in [0.15, 0.2) is 11.7 Å². The van der Waals surface area contributed by atoms with Crippen molar-refractivity contribution in [2.45, 2.75) is 56.4 Å². The van der Waals surface area contributed by atoms with Crippen molar-refractivity contribution >= 4 is 34.3 Å². The summed E-state index contributed by atoms with van der Waals surface area (Å²) in [7, 11) is -4.67. The lowest BCUT2D eigenvalue weighted by Crippen LogP contribution is -2.56. The number of guanidine groups is 1. The highest BCUT2D eigenvalue weighted by molar-refractivity contribution is 7.79. The van der Waals surface area contributed by atoms with Crippen LogP contribution in [-0.2, 0) is 37.7 Å². The maximum Gasteiger partial charge on any atom is 0.394 e. The van der Waals surface area contributed by atoms with Crippen molar-refractivity contribution in [2.75, 3.05) is 6.54 Å². The largest absolute Gasteiger partial charge is 0.394 e. The molecule has 13 nitrogen and oxygen atoms in total. The molecule has 1 amide bonds. The summed E-state index contributed by atoms with van der Waals surface area (Å²) in [6, 6.07) is 5.91. The molecule has 0 bridgehead atoms. The minimum Gasteiger partial charge on any atom is -0.370 e. The number of nitrogens with two attached hydrogens (primary N) is 1. The van der Waals surface area contributed by atoms with Crippen molar-refractivity contribution in [3.05, 3.63) is 35.4 Å². The number of hydrogen-bond acceptors (Lipinski definition) is 8. The molecule has 1 aromatic carbocycles. The van der Waals surface area contributed by atoms with Gasteiger partial charge in [0.05, 0.1) is 24.2 Å². The molecule has 2 heterocycles. The van der Waals surface area contributed by atoms with E-state index in [1.165, 1.54) is 5.56 Å². The molecule has 1 aromatic rings. The number of carbonyl (C=O) groups excluding carboxylic acids is 3. The van der Waals surface area contributed by atoms with E-state index >= 15 is 0 Å². The smallest absolute Gasteiger partial charge is 0.370 e. The van der Waals surface area contributed by atoms with E-state index in [2.05, 4.69) is 21.3 Å². The summed E-state index contributed by atoms with van der Waals surface area (Å²) >= 11 is 0. The van der Waals surface area contributed by atoms with Crippen molar-refractivity contribution in [2.24, 2.45) is 5.73 Å². The third-order valence-electron chi connectivity index (χ3n) is 5.50. The maximum atomic E-state index is 13.1. The third-order valence-corrected chi connectivity index (χ3v) is 5.50. The number of nitrogens with one attached hydrogen (secondary N) is 5. The molecule has 1 fully saturated rings. The van der Waals surface area contributed by atoms with Gasteiger partial charge >= 0.3 is 10.4 Å². The number of aldehydes is 1. The number of hydrogen-bond donors (Lipinski definition) is 8. The SMILES string of the molecule is N=C(N)NC(CC[C@@H](C=O)NC(=O)C1CCN1)C(=O)C1Cc2ccccc2CN1.O=S(=O)(O)O. The number of fused-ring (bicyclic) bond motifs is 1. The lowest BCUT2D eigenvalue weighted by atomic mass is 9.89. The van der Waals surface area contributed by atoms with E-state index < -0.39 is 28.5 Å². The predicted molar refractivity (Wildman–Crippen MR) is 122 cm³/mol. The first-order valence-electron chi connectivity index (χ1n) is 10.6. The number of ketones is 1. The zero-order chi connectivity index (χ0) is 25.3. The Morgan fingerprint density at radius 1 is 1.15 bits per heavy atom. The predicted octanol–water partition coefficient (Wildman–Crippen LogP) is -1.71. The van der Waals surface area contributed by atoms with Crippen LogP contribution >= 0.6 is 0 Å². The summed E-state index contributed by atoms with van der Waals surface area (Å²) in [5.41, 5.74) is 7.76. The maximum absolute atomic E-state index is 13.1. The molecule has 0 aliphatic carbocycles. The van der Waals surface area contributed by atoms with Crippen LogP contribution in [0.25, 0.3) is 0 Å². The summed E-state index contributed by atoms with van der Waals surface area (Å²) < 4.78 is 31.6. The van der Waals surface area contributed by atoms with Crippen LogP contribution in [0.1, 0.15) is 30.4 Å². The molecule has 2 aliphatic heterocycles. The van der Waals surface area contributed by atoms with Crippen molar-refractivity contribution in [3.8, 4) is 0 Å². The van der Waals surface area contributed by atoms with Gasteiger partial charge in [-0.2, -0.15) is 8.42 Å². The highest BCUT2D eigenvalue weighted by atomic mass is 32.3. The molecular weight excluding hydrogens is 468 g/mol. The quantitative estimate of drug-likeness (QED) is 0.0828. The van der Waals surface area contributed by atoms with E-state index in [-0.39, 0.29) is 36.5 Å². The Bertz CT molecular complexity index is 991. The first-order chi connectivity index (χ1) is 16.0. The molecule has 4 atom stereocenters. The van der Waals surface area contributed by atoms with E-state index in [0.717, 1.165) is 18.5 Å². The standard InChI is InChI=1S/C20H28N6O3.H2O4S/c21-20(22)26-15(6-5-14(11-27)25-19(29)16-7-8-23-16)18(28)17-9-12-3-1-2-4-13(12)10-24-17;1-5(2,3)4/h1-4,11,14-17,23-24H,5-10H2,(H,25,29)(H4,21,22,26);(H2,1,2,3,4)/t14-,15?,16?,17?;/m0./s1. The lowest BCUT2D eigenvalue weighted by molar-refractivity contribution is -0.127. The molecule has 3 rings (SSSR count). The van der Waals surface area contributed by atoms with Crippen LogP contribution in [0.2, 0.25) is 0 Å². The van der Waals surface area contributed by atoms with Crippen molar-refractivity contribution < 1.29 is 31.9 Å². The fourth-order valence-electron chi connectivity index (χ4n) is 3.69. The summed E-state index contributed by atoms with van der Waals surface area (Å²) in [6.07, 6.45) is 2.55. The first kappa shape index (κ1) is 27.3. The van der Waals surface area contributed by atoms with Crippen LogP contribution in [-0.4, -0.2) is 72.2 Å². The topological polar surface area (TPSA) is 224 Å². The second-order valence-corrected chi connectivity index (χ2v) is 8.89. The monoisotopic (exact) mass is 498 g/mol. The summed E-state index contributed by atoms with van der Waals surface area (Å²) in [5, 5.41) is 19.2. The highest BCUT2D eigenvalue weighted by Gasteiger charge is 2.31. The molecule has 188 valence electrons. The minimum absolute atomic E-state index is 0.105. The van der Waals surface area contributed by atoms with Gasteiger partial charge < -0.3 is 31.8 Å². The second kappa shape index (κ2) is 12.5. The Morgan fingerprint density at radius 2 is 1.76 bits per heavy atom. The normalized spacial score (nSPS) is 20.8. The van der Waals surface area contributed by atoms with Crippen molar-refractivity contribution in [1.29, 1.82) is 5.41 Å². The molecule has 3 unspecified atom stereocenters. The average molecular weight is 499 g/mol. The fourth-order valence-corrected chi connectivity index (χ4v) is 3.69. The molecule has 0 saturated carbocycles. The molecule has 2 aliphatic rings. The van der Waals surface area contributed by atoms with E-state index in [1.807, 2.05) is 24.3 Å². The first-order valence-corrected chi connectivity index (χ1v) is 12.0. The fraction of sp³-hybridized carbons (Fsp3) is 0.500. The zero-order valence-corrected chi connectivity index (χ0v) is 19.2. The Labute approximate surface area is 197 Å². The number of rotatable bonds is 9. The van der Waals surface area contributed by atoms with E-state index in [4.69, 9.17) is 28.7 Å². The molecule has 0 spiro atoms. The lowest BCUT2D eigenvalue weighted by Gasteiger charge is -2.30. The van der Waals surface area contributed by atoms with Crippen LogP contribution in [0, 0.1) is 5.41 Å². The van der Waals surface area contributed by atoms with Gasteiger partial charge in [0.25, 0.3) is 0 Å². The van der Waals surface area contributed by atoms with Crippen molar-refractivity contribution in [1.82, 2.24) is 21.3 Å². The van der Waals surface area contributed by atoms with Gasteiger partial charge in [-0.25, -0.2) is 0 Å². The molecule has 34 heavy (non-hydrogen) atoms. The van der Waals surface area contributed by atoms with Gasteiger partial charge in [-0.05, 0) is 43.4 Å². The Hall–Kier alpha value is -2.91. The van der Waals surface area contributed by atoms with Gasteiger partial charge in [0.2, 0.25) is 5.91 Å². The second-order valence-electron chi connectivity index (χ2n) is 7.99. The van der Waals surface area contributed by atoms with Crippen LogP contribution < -0.4 is 27.0 Å². The third kappa shape index (κ3) is 9.15. The van der Waals surface area contributed by atoms with Crippen LogP contribution in [0.5, 0.6) is 0 Å². The van der Waals surface area contributed by atoms with Crippen LogP contribution in [0.15, 0.2) is 24.3 Å². The highest BCUT2D eigenvalue weighted by Crippen LogP contribution is 2.18.